The average molecular weight is 318 g/mol. The molecule has 3 aliphatic rings. The van der Waals surface area contributed by atoms with Gasteiger partial charge >= 0.3 is 0 Å². The van der Waals surface area contributed by atoms with Gasteiger partial charge in [0.1, 0.15) is 5.78 Å². The number of hydrogen-bond acceptors (Lipinski definition) is 4. The first kappa shape index (κ1) is 13.8. The van der Waals surface area contributed by atoms with Crippen LogP contribution in [-0.2, 0) is 15.4 Å². The van der Waals surface area contributed by atoms with E-state index in [0.29, 0.717) is 18.7 Å². The number of Topliss-reactive ketones (excluding diaryl/α,β-unsaturated/α-hetero) is 1. The molecular weight excluding hydrogens is 300 g/mol. The van der Waals surface area contributed by atoms with Crippen molar-refractivity contribution in [2.24, 2.45) is 10.6 Å². The number of nitrogens with zero attached hydrogens (tertiary/aromatic N) is 2. The lowest BCUT2D eigenvalue weighted by atomic mass is 9.77. The highest BCUT2D eigenvalue weighted by Crippen LogP contribution is 2.65. The van der Waals surface area contributed by atoms with E-state index in [-0.39, 0.29) is 0 Å². The molecule has 0 bridgehead atoms. The van der Waals surface area contributed by atoms with Crippen LogP contribution in [0.15, 0.2) is 65.8 Å². The molecule has 0 N–H and O–H groups in total. The molecule has 0 aromatic heterocycles. The van der Waals surface area contributed by atoms with Crippen LogP contribution in [0.3, 0.4) is 0 Å². The third kappa shape index (κ3) is 1.58. The predicted molar refractivity (Wildman–Crippen MR) is 90.2 cm³/mol. The summed E-state index contributed by atoms with van der Waals surface area (Å²) in [4.78, 5) is 21.1. The molecule has 2 aromatic carbocycles. The summed E-state index contributed by atoms with van der Waals surface area (Å²) >= 11 is 0. The van der Waals surface area contributed by atoms with Crippen LogP contribution in [0.4, 0.5) is 0 Å². The van der Waals surface area contributed by atoms with Crippen molar-refractivity contribution in [2.45, 2.75) is 25.0 Å². The zero-order chi connectivity index (χ0) is 16.2. The Morgan fingerprint density at radius 1 is 0.958 bits per heavy atom. The quantitative estimate of drug-likeness (QED) is 0.853. The summed E-state index contributed by atoms with van der Waals surface area (Å²) in [5, 5.41) is 4.46. The molecule has 1 saturated carbocycles. The topological polar surface area (TPSA) is 41.9 Å². The minimum absolute atomic E-state index is 0.312. The molecule has 4 nitrogen and oxygen atoms in total. The van der Waals surface area contributed by atoms with Crippen molar-refractivity contribution in [3.05, 3.63) is 71.8 Å². The Kier molecular flexibility index (Phi) is 2.70. The number of benzene rings is 2. The lowest BCUT2D eigenvalue weighted by molar-refractivity contribution is -0.184. The highest BCUT2D eigenvalue weighted by molar-refractivity contribution is 6.02. The first-order valence-electron chi connectivity index (χ1n) is 8.46. The fourth-order valence-electron chi connectivity index (χ4n) is 4.30. The smallest absolute Gasteiger partial charge is 0.249 e. The Balaban J connectivity index is 1.68. The highest BCUT2D eigenvalue weighted by Gasteiger charge is 2.73. The number of amidine groups is 1. The third-order valence-electron chi connectivity index (χ3n) is 5.59. The van der Waals surface area contributed by atoms with Crippen LogP contribution in [0.25, 0.3) is 0 Å². The molecule has 1 atom stereocenters. The second-order valence-corrected chi connectivity index (χ2v) is 6.79. The Labute approximate surface area is 140 Å². The van der Waals surface area contributed by atoms with E-state index < -0.39 is 11.1 Å². The van der Waals surface area contributed by atoms with Crippen molar-refractivity contribution in [1.82, 2.24) is 4.90 Å². The van der Waals surface area contributed by atoms with Crippen LogP contribution in [0, 0.1) is 5.41 Å². The Morgan fingerprint density at radius 2 is 1.62 bits per heavy atom. The van der Waals surface area contributed by atoms with Crippen molar-refractivity contribution in [2.75, 3.05) is 6.54 Å². The molecule has 0 amide bonds. The van der Waals surface area contributed by atoms with Crippen molar-refractivity contribution >= 4 is 11.6 Å². The van der Waals surface area contributed by atoms with Gasteiger partial charge in [-0.25, -0.2) is 0 Å². The van der Waals surface area contributed by atoms with E-state index in [4.69, 9.17) is 4.84 Å². The maximum Gasteiger partial charge on any atom is 0.249 e. The van der Waals surface area contributed by atoms with Gasteiger partial charge in [0, 0.05) is 24.1 Å². The van der Waals surface area contributed by atoms with Gasteiger partial charge in [-0.3, -0.25) is 4.79 Å². The average Bonchev–Trinajstić information content (AvgIpc) is 3.35. The van der Waals surface area contributed by atoms with E-state index in [1.165, 1.54) is 0 Å². The van der Waals surface area contributed by atoms with Gasteiger partial charge in [-0.15, -0.1) is 0 Å². The van der Waals surface area contributed by atoms with E-state index in [1.807, 2.05) is 48.5 Å². The standard InChI is InChI=1S/C20H18N2O2/c23-17-11-14-22-18(15-7-3-1-4-8-15)21-24-20(22,19(17)12-13-19)16-9-5-2-6-10-16/h1-10H,11-14H2. The Hall–Kier alpha value is -2.62. The SMILES string of the molecule is O=C1CCN2C(c3ccccc3)=NOC2(c2ccccc2)C12CC2. The molecule has 4 heteroatoms. The lowest BCUT2D eigenvalue weighted by Crippen LogP contribution is -2.59. The molecule has 1 aliphatic carbocycles. The molecule has 2 heterocycles. The van der Waals surface area contributed by atoms with Crippen molar-refractivity contribution in [3.63, 3.8) is 0 Å². The van der Waals surface area contributed by atoms with E-state index in [9.17, 15) is 4.79 Å². The summed E-state index contributed by atoms with van der Waals surface area (Å²) < 4.78 is 0. The number of carbonyl (C=O) groups excluding carboxylic acids is 1. The first-order chi connectivity index (χ1) is 11.8. The Bertz CT molecular complexity index is 827. The third-order valence-corrected chi connectivity index (χ3v) is 5.59. The van der Waals surface area contributed by atoms with Crippen LogP contribution in [0.5, 0.6) is 0 Å². The van der Waals surface area contributed by atoms with Gasteiger partial charge in [0.2, 0.25) is 5.72 Å². The molecule has 120 valence electrons. The van der Waals surface area contributed by atoms with Crippen LogP contribution < -0.4 is 0 Å². The van der Waals surface area contributed by atoms with E-state index in [1.54, 1.807) is 0 Å². The number of piperidine rings is 1. The molecule has 1 saturated heterocycles. The van der Waals surface area contributed by atoms with Crippen molar-refractivity contribution < 1.29 is 9.63 Å². The zero-order valence-electron chi connectivity index (χ0n) is 13.3. The number of fused-ring (bicyclic) bond motifs is 2. The normalized spacial score (nSPS) is 26.8. The van der Waals surface area contributed by atoms with Crippen molar-refractivity contribution in [3.8, 4) is 0 Å². The lowest BCUT2D eigenvalue weighted by Gasteiger charge is -2.46. The number of ketones is 1. The van der Waals surface area contributed by atoms with Crippen LogP contribution in [0.2, 0.25) is 0 Å². The number of oxime groups is 1. The van der Waals surface area contributed by atoms with Crippen LogP contribution >= 0.6 is 0 Å². The summed E-state index contributed by atoms with van der Waals surface area (Å²) in [6, 6.07) is 20.2. The first-order valence-corrected chi connectivity index (χ1v) is 8.46. The van der Waals surface area contributed by atoms with Crippen LogP contribution in [0.1, 0.15) is 30.4 Å². The monoisotopic (exact) mass is 318 g/mol. The predicted octanol–water partition coefficient (Wildman–Crippen LogP) is 3.29. The molecule has 5 rings (SSSR count). The fraction of sp³-hybridized carbons (Fsp3) is 0.300. The molecule has 2 fully saturated rings. The highest BCUT2D eigenvalue weighted by atomic mass is 16.7. The van der Waals surface area contributed by atoms with Gasteiger partial charge in [-0.2, -0.15) is 0 Å². The minimum Gasteiger partial charge on any atom is -0.359 e. The van der Waals surface area contributed by atoms with Gasteiger partial charge in [0.15, 0.2) is 5.84 Å². The van der Waals surface area contributed by atoms with Crippen molar-refractivity contribution in [1.29, 1.82) is 0 Å². The zero-order valence-corrected chi connectivity index (χ0v) is 13.3. The molecule has 2 aromatic rings. The molecular formula is C20H18N2O2. The largest absolute Gasteiger partial charge is 0.359 e. The van der Waals surface area contributed by atoms with Crippen LogP contribution in [-0.4, -0.2) is 23.1 Å². The second-order valence-electron chi connectivity index (χ2n) is 6.79. The summed E-state index contributed by atoms with van der Waals surface area (Å²) in [5.41, 5.74) is 0.812. The molecule has 0 radical (unpaired) electrons. The number of hydrogen-bond donors (Lipinski definition) is 0. The van der Waals surface area contributed by atoms with E-state index in [2.05, 4.69) is 22.2 Å². The summed E-state index contributed by atoms with van der Waals surface area (Å²) in [5.74, 6) is 1.14. The molecule has 1 spiro atoms. The van der Waals surface area contributed by atoms with Gasteiger partial charge in [-0.05, 0) is 12.8 Å². The van der Waals surface area contributed by atoms with Gasteiger partial charge < -0.3 is 9.74 Å². The molecule has 24 heavy (non-hydrogen) atoms. The molecule has 1 unspecified atom stereocenters. The maximum absolute atomic E-state index is 12.8. The Morgan fingerprint density at radius 3 is 2.29 bits per heavy atom. The second kappa shape index (κ2) is 4.69. The number of rotatable bonds is 2. The summed E-state index contributed by atoms with van der Waals surface area (Å²) in [6.45, 7) is 0.642. The van der Waals surface area contributed by atoms with E-state index >= 15 is 0 Å². The minimum atomic E-state index is -0.783. The fourth-order valence-corrected chi connectivity index (χ4v) is 4.30. The number of carbonyl (C=O) groups is 1. The van der Waals surface area contributed by atoms with Gasteiger partial charge in [-0.1, -0.05) is 65.8 Å². The van der Waals surface area contributed by atoms with E-state index in [0.717, 1.165) is 29.8 Å². The summed E-state index contributed by atoms with van der Waals surface area (Å²) in [6.07, 6.45) is 2.30. The van der Waals surface area contributed by atoms with Gasteiger partial charge in [0.25, 0.3) is 0 Å². The summed E-state index contributed by atoms with van der Waals surface area (Å²) in [7, 11) is 0. The molecule has 2 aliphatic heterocycles. The maximum atomic E-state index is 12.8. The van der Waals surface area contributed by atoms with Gasteiger partial charge in [0.05, 0.1) is 5.41 Å².